The van der Waals surface area contributed by atoms with Gasteiger partial charge in [-0.15, -0.1) is 15.3 Å². The van der Waals surface area contributed by atoms with Gasteiger partial charge in [-0.25, -0.2) is 0 Å². The number of carbonyl (C=O) groups excluding carboxylic acids is 1. The molecule has 0 spiro atoms. The van der Waals surface area contributed by atoms with Gasteiger partial charge in [0.2, 0.25) is 11.0 Å². The number of carbonyl (C=O) groups is 1. The van der Waals surface area contributed by atoms with Crippen molar-refractivity contribution in [1.29, 1.82) is 0 Å². The van der Waals surface area contributed by atoms with Crippen molar-refractivity contribution in [3.8, 4) is 5.88 Å². The molecule has 0 bridgehead atoms. The summed E-state index contributed by atoms with van der Waals surface area (Å²) in [6.07, 6.45) is 1.58. The molecule has 0 unspecified atom stereocenters. The molecule has 0 radical (unpaired) electrons. The van der Waals surface area contributed by atoms with Gasteiger partial charge in [0, 0.05) is 29.0 Å². The highest BCUT2D eigenvalue weighted by Gasteiger charge is 2.18. The van der Waals surface area contributed by atoms with Crippen molar-refractivity contribution in [2.24, 2.45) is 7.05 Å². The minimum atomic E-state index is -0.358. The average Bonchev–Trinajstić information content (AvgIpc) is 3.20. The number of halogens is 2. The Morgan fingerprint density at radius 2 is 2.19 bits per heavy atom. The SMILES string of the molecule is COc1nn(C)cc1C(=O)Nc1nnc(SCc2ccc(Cl)cc2Cl)s1. The first-order chi connectivity index (χ1) is 12.5. The highest BCUT2D eigenvalue weighted by atomic mass is 35.5. The van der Waals surface area contributed by atoms with E-state index in [0.29, 0.717) is 30.8 Å². The van der Waals surface area contributed by atoms with E-state index in [1.165, 1.54) is 34.9 Å². The lowest BCUT2D eigenvalue weighted by atomic mass is 10.2. The molecule has 1 aromatic carbocycles. The van der Waals surface area contributed by atoms with Gasteiger partial charge in [-0.1, -0.05) is 52.4 Å². The van der Waals surface area contributed by atoms with Gasteiger partial charge >= 0.3 is 0 Å². The molecule has 3 rings (SSSR count). The number of thioether (sulfide) groups is 1. The highest BCUT2D eigenvalue weighted by molar-refractivity contribution is 8.00. The summed E-state index contributed by atoms with van der Waals surface area (Å²) in [5, 5.41) is 16.4. The van der Waals surface area contributed by atoms with Crippen LogP contribution in [0, 0.1) is 0 Å². The van der Waals surface area contributed by atoms with Crippen LogP contribution >= 0.6 is 46.3 Å². The van der Waals surface area contributed by atoms with Crippen LogP contribution in [0.5, 0.6) is 5.88 Å². The summed E-state index contributed by atoms with van der Waals surface area (Å²) in [5.41, 5.74) is 1.27. The van der Waals surface area contributed by atoms with E-state index in [-0.39, 0.29) is 11.8 Å². The van der Waals surface area contributed by atoms with E-state index in [2.05, 4.69) is 20.6 Å². The number of nitrogens with zero attached hydrogens (tertiary/aromatic N) is 4. The van der Waals surface area contributed by atoms with E-state index in [4.69, 9.17) is 27.9 Å². The zero-order valence-corrected chi connectivity index (χ0v) is 16.8. The number of aromatic nitrogens is 4. The fraction of sp³-hybridized carbons (Fsp3) is 0.200. The molecule has 136 valence electrons. The highest BCUT2D eigenvalue weighted by Crippen LogP contribution is 2.31. The van der Waals surface area contributed by atoms with Gasteiger partial charge in [0.1, 0.15) is 5.56 Å². The quantitative estimate of drug-likeness (QED) is 0.468. The second kappa shape index (κ2) is 8.26. The zero-order chi connectivity index (χ0) is 18.7. The molecular weight excluding hydrogens is 417 g/mol. The first-order valence-electron chi connectivity index (χ1n) is 7.25. The third-order valence-electron chi connectivity index (χ3n) is 3.23. The Labute approximate surface area is 167 Å². The molecule has 1 N–H and O–H groups in total. The number of methoxy groups -OCH3 is 1. The molecule has 1 amide bonds. The molecule has 2 aromatic heterocycles. The Morgan fingerprint density at radius 1 is 1.38 bits per heavy atom. The first-order valence-corrected chi connectivity index (χ1v) is 9.81. The van der Waals surface area contributed by atoms with Crippen LogP contribution in [0.2, 0.25) is 10.0 Å². The molecule has 0 atom stereocenters. The predicted octanol–water partition coefficient (Wildman–Crippen LogP) is 4.13. The molecular formula is C15H13Cl2N5O2S2. The molecule has 0 aliphatic rings. The van der Waals surface area contributed by atoms with Crippen molar-refractivity contribution in [2.45, 2.75) is 10.1 Å². The zero-order valence-electron chi connectivity index (χ0n) is 13.7. The molecule has 0 aliphatic carbocycles. The number of rotatable bonds is 6. The van der Waals surface area contributed by atoms with E-state index in [0.717, 1.165) is 5.56 Å². The van der Waals surface area contributed by atoms with Crippen LogP contribution in [0.25, 0.3) is 0 Å². The lowest BCUT2D eigenvalue weighted by molar-refractivity contribution is 0.102. The summed E-state index contributed by atoms with van der Waals surface area (Å²) in [4.78, 5) is 12.3. The number of aryl methyl sites for hydroxylation is 1. The van der Waals surface area contributed by atoms with Gasteiger partial charge in [0.15, 0.2) is 4.34 Å². The minimum absolute atomic E-state index is 0.251. The van der Waals surface area contributed by atoms with Gasteiger partial charge in [0.25, 0.3) is 5.91 Å². The number of amides is 1. The summed E-state index contributed by atoms with van der Waals surface area (Å²) < 4.78 is 7.30. The summed E-state index contributed by atoms with van der Waals surface area (Å²) in [7, 11) is 3.17. The van der Waals surface area contributed by atoms with Gasteiger partial charge in [0.05, 0.1) is 7.11 Å². The maximum atomic E-state index is 12.3. The Bertz CT molecular complexity index is 944. The van der Waals surface area contributed by atoms with Crippen molar-refractivity contribution in [1.82, 2.24) is 20.0 Å². The Morgan fingerprint density at radius 3 is 2.92 bits per heavy atom. The summed E-state index contributed by atoms with van der Waals surface area (Å²) in [5.74, 6) is 0.513. The molecule has 0 aliphatic heterocycles. The summed E-state index contributed by atoms with van der Waals surface area (Å²) >= 11 is 14.8. The van der Waals surface area contributed by atoms with Crippen LogP contribution in [0.15, 0.2) is 28.7 Å². The molecule has 7 nitrogen and oxygen atoms in total. The minimum Gasteiger partial charge on any atom is -0.479 e. The molecule has 26 heavy (non-hydrogen) atoms. The molecule has 0 fully saturated rings. The lowest BCUT2D eigenvalue weighted by Gasteiger charge is -2.02. The van der Waals surface area contributed by atoms with Crippen molar-refractivity contribution >= 4 is 57.3 Å². The Balaban J connectivity index is 1.63. The average molecular weight is 430 g/mol. The molecule has 0 saturated heterocycles. The van der Waals surface area contributed by atoms with Crippen molar-refractivity contribution < 1.29 is 9.53 Å². The van der Waals surface area contributed by atoms with Crippen molar-refractivity contribution in [3.05, 3.63) is 45.6 Å². The first kappa shape index (κ1) is 19.0. The van der Waals surface area contributed by atoms with Crippen LogP contribution in [-0.4, -0.2) is 33.0 Å². The second-order valence-corrected chi connectivity index (χ2v) is 8.12. The number of benzene rings is 1. The van der Waals surface area contributed by atoms with Crippen LogP contribution in [0.4, 0.5) is 5.13 Å². The van der Waals surface area contributed by atoms with E-state index in [1.54, 1.807) is 25.4 Å². The van der Waals surface area contributed by atoms with Gasteiger partial charge in [-0.3, -0.25) is 14.8 Å². The molecule has 3 aromatic rings. The summed E-state index contributed by atoms with van der Waals surface area (Å²) in [6.45, 7) is 0. The van der Waals surface area contributed by atoms with Crippen molar-refractivity contribution in [2.75, 3.05) is 12.4 Å². The van der Waals surface area contributed by atoms with E-state index >= 15 is 0 Å². The molecule has 2 heterocycles. The standard InChI is InChI=1S/C15H13Cl2N5O2S2/c1-22-6-10(13(21-22)24-2)12(23)18-14-19-20-15(26-14)25-7-8-3-4-9(16)5-11(8)17/h3-6H,7H2,1-2H3,(H,18,19,23). The monoisotopic (exact) mass is 429 g/mol. The Kier molecular flexibility index (Phi) is 6.02. The number of ether oxygens (including phenoxy) is 1. The van der Waals surface area contributed by atoms with Gasteiger partial charge in [-0.2, -0.15) is 0 Å². The fourth-order valence-corrected chi connectivity index (χ4v) is 4.34. The van der Waals surface area contributed by atoms with Crippen LogP contribution in [0.1, 0.15) is 15.9 Å². The predicted molar refractivity (Wildman–Crippen MR) is 104 cm³/mol. The maximum Gasteiger partial charge on any atom is 0.264 e. The summed E-state index contributed by atoms with van der Waals surface area (Å²) in [6, 6.07) is 5.36. The van der Waals surface area contributed by atoms with E-state index in [9.17, 15) is 4.79 Å². The third kappa shape index (κ3) is 4.47. The maximum absolute atomic E-state index is 12.3. The fourth-order valence-electron chi connectivity index (χ4n) is 2.04. The Hall–Kier alpha value is -1.81. The second-order valence-electron chi connectivity index (χ2n) is 5.08. The third-order valence-corrected chi connectivity index (χ3v) is 5.83. The number of nitrogens with one attached hydrogen (secondary N) is 1. The largest absolute Gasteiger partial charge is 0.479 e. The topological polar surface area (TPSA) is 81.9 Å². The van der Waals surface area contributed by atoms with Crippen LogP contribution in [0.3, 0.4) is 0 Å². The number of hydrogen-bond acceptors (Lipinski definition) is 7. The number of hydrogen-bond donors (Lipinski definition) is 1. The smallest absolute Gasteiger partial charge is 0.264 e. The van der Waals surface area contributed by atoms with Gasteiger partial charge < -0.3 is 4.74 Å². The number of anilines is 1. The normalized spacial score (nSPS) is 10.8. The van der Waals surface area contributed by atoms with Crippen molar-refractivity contribution in [3.63, 3.8) is 0 Å². The molecule has 11 heteroatoms. The van der Waals surface area contributed by atoms with E-state index < -0.39 is 0 Å². The van der Waals surface area contributed by atoms with Gasteiger partial charge in [-0.05, 0) is 17.7 Å². The van der Waals surface area contributed by atoms with E-state index in [1.807, 2.05) is 6.07 Å². The lowest BCUT2D eigenvalue weighted by Crippen LogP contribution is -2.12. The van der Waals surface area contributed by atoms with Crippen LogP contribution < -0.4 is 10.1 Å². The van der Waals surface area contributed by atoms with Crippen LogP contribution in [-0.2, 0) is 12.8 Å². The molecule has 0 saturated carbocycles.